The molecule has 0 aliphatic rings. The molecule has 124 valence electrons. The second kappa shape index (κ2) is 8.19. The van der Waals surface area contributed by atoms with Crippen molar-refractivity contribution < 1.29 is 9.47 Å². The summed E-state index contributed by atoms with van der Waals surface area (Å²) in [5, 5.41) is 0. The summed E-state index contributed by atoms with van der Waals surface area (Å²) in [4.78, 5) is 13.2. The van der Waals surface area contributed by atoms with Gasteiger partial charge in [-0.15, -0.1) is 0 Å². The molecule has 1 heterocycles. The Bertz CT molecular complexity index is 698. The van der Waals surface area contributed by atoms with E-state index < -0.39 is 6.29 Å². The van der Waals surface area contributed by atoms with E-state index in [9.17, 15) is 0 Å². The molecular weight excluding hydrogens is 362 g/mol. The third kappa shape index (κ3) is 4.60. The van der Waals surface area contributed by atoms with Crippen molar-refractivity contribution in [2.75, 3.05) is 13.2 Å². The molecule has 0 aliphatic carbocycles. The number of hydrogen-bond donors (Lipinski definition) is 2. The van der Waals surface area contributed by atoms with Crippen LogP contribution in [0.3, 0.4) is 0 Å². The molecule has 7 nitrogen and oxygen atoms in total. The Morgan fingerprint density at radius 3 is 2.52 bits per heavy atom. The first-order valence-electron chi connectivity index (χ1n) is 7.33. The predicted molar refractivity (Wildman–Crippen MR) is 93.5 cm³/mol. The summed E-state index contributed by atoms with van der Waals surface area (Å²) in [5.41, 5.74) is 13.1. The van der Waals surface area contributed by atoms with Crippen molar-refractivity contribution in [3.05, 3.63) is 28.4 Å². The average Bonchev–Trinajstić information content (AvgIpc) is 2.48. The van der Waals surface area contributed by atoms with E-state index in [4.69, 9.17) is 20.9 Å². The van der Waals surface area contributed by atoms with Gasteiger partial charge in [0.25, 0.3) is 0 Å². The Labute approximate surface area is 143 Å². The number of para-hydroxylation sites is 1. The van der Waals surface area contributed by atoms with E-state index in [0.29, 0.717) is 36.7 Å². The minimum Gasteiger partial charge on any atom is -0.370 e. The Morgan fingerprint density at radius 1 is 1.22 bits per heavy atom. The number of nitrogens with zero attached hydrogens (tertiary/aromatic N) is 3. The summed E-state index contributed by atoms with van der Waals surface area (Å²) >= 11 is 3.48. The van der Waals surface area contributed by atoms with E-state index in [0.717, 1.165) is 9.99 Å². The molecule has 0 amide bonds. The SMILES string of the molecule is CCOC(Cc1nc2c(Br)cccc2nc1N=C(N)N)OCC. The van der Waals surface area contributed by atoms with Gasteiger partial charge < -0.3 is 20.9 Å². The van der Waals surface area contributed by atoms with E-state index in [1.807, 2.05) is 32.0 Å². The van der Waals surface area contributed by atoms with Gasteiger partial charge in [-0.3, -0.25) is 0 Å². The first-order valence-corrected chi connectivity index (χ1v) is 8.12. The Morgan fingerprint density at radius 2 is 1.91 bits per heavy atom. The molecule has 0 unspecified atom stereocenters. The number of ether oxygens (including phenoxy) is 2. The van der Waals surface area contributed by atoms with Gasteiger partial charge in [0.05, 0.1) is 11.2 Å². The van der Waals surface area contributed by atoms with E-state index in [1.54, 1.807) is 0 Å². The standard InChI is InChI=1S/C15H20BrN5O2/c1-3-22-12(23-4-2)8-11-14(21-15(17)18)20-10-7-5-6-9(16)13(10)19-11/h5-7,12H,3-4,8H2,1-2H3,(H4,17,18,20,21). The molecule has 0 saturated heterocycles. The molecule has 0 atom stereocenters. The highest BCUT2D eigenvalue weighted by molar-refractivity contribution is 9.10. The summed E-state index contributed by atoms with van der Waals surface area (Å²) in [6, 6.07) is 5.64. The first kappa shape index (κ1) is 17.6. The minimum atomic E-state index is -0.424. The predicted octanol–water partition coefficient (Wildman–Crippen LogP) is 2.24. The molecule has 0 spiro atoms. The minimum absolute atomic E-state index is 0.0701. The number of rotatable bonds is 7. The van der Waals surface area contributed by atoms with Crippen LogP contribution in [0.5, 0.6) is 0 Å². The summed E-state index contributed by atoms with van der Waals surface area (Å²) in [6.07, 6.45) is -0.0230. The number of halogens is 1. The highest BCUT2D eigenvalue weighted by Gasteiger charge is 2.17. The molecule has 0 radical (unpaired) electrons. The van der Waals surface area contributed by atoms with Crippen LogP contribution in [0.25, 0.3) is 11.0 Å². The Balaban J connectivity index is 2.49. The van der Waals surface area contributed by atoms with Gasteiger partial charge in [-0.2, -0.15) is 4.99 Å². The highest BCUT2D eigenvalue weighted by atomic mass is 79.9. The number of benzene rings is 1. The fourth-order valence-corrected chi connectivity index (χ4v) is 2.56. The quantitative estimate of drug-likeness (QED) is 0.432. The van der Waals surface area contributed by atoms with E-state index in [-0.39, 0.29) is 5.96 Å². The van der Waals surface area contributed by atoms with Gasteiger partial charge in [-0.25, -0.2) is 9.97 Å². The number of hydrogen-bond acceptors (Lipinski definition) is 5. The van der Waals surface area contributed by atoms with Gasteiger partial charge in [0.2, 0.25) is 0 Å². The monoisotopic (exact) mass is 381 g/mol. The van der Waals surface area contributed by atoms with Crippen LogP contribution in [0.2, 0.25) is 0 Å². The number of nitrogens with two attached hydrogens (primary N) is 2. The third-order valence-corrected chi connectivity index (χ3v) is 3.64. The fourth-order valence-electron chi connectivity index (χ4n) is 2.11. The van der Waals surface area contributed by atoms with Crippen LogP contribution in [0.4, 0.5) is 5.82 Å². The second-order valence-electron chi connectivity index (χ2n) is 4.68. The van der Waals surface area contributed by atoms with Crippen molar-refractivity contribution in [1.29, 1.82) is 0 Å². The van der Waals surface area contributed by atoms with Gasteiger partial charge in [-0.05, 0) is 41.9 Å². The molecule has 0 aliphatic heterocycles. The van der Waals surface area contributed by atoms with E-state index >= 15 is 0 Å². The number of guanidine groups is 1. The van der Waals surface area contributed by atoms with Crippen LogP contribution in [0.15, 0.2) is 27.7 Å². The maximum Gasteiger partial charge on any atom is 0.192 e. The van der Waals surface area contributed by atoms with Crippen LogP contribution in [-0.4, -0.2) is 35.4 Å². The number of fused-ring (bicyclic) bond motifs is 1. The van der Waals surface area contributed by atoms with E-state index in [2.05, 4.69) is 30.9 Å². The number of aromatic nitrogens is 2. The first-order chi connectivity index (χ1) is 11.0. The summed E-state index contributed by atoms with van der Waals surface area (Å²) in [6.45, 7) is 4.89. The molecule has 4 N–H and O–H groups in total. The molecule has 0 bridgehead atoms. The van der Waals surface area contributed by atoms with Crippen molar-refractivity contribution in [3.8, 4) is 0 Å². The lowest BCUT2D eigenvalue weighted by atomic mass is 10.2. The molecule has 0 fully saturated rings. The van der Waals surface area contributed by atoms with Crippen molar-refractivity contribution in [2.24, 2.45) is 16.5 Å². The average molecular weight is 382 g/mol. The smallest absolute Gasteiger partial charge is 0.192 e. The molecule has 2 rings (SSSR count). The van der Waals surface area contributed by atoms with Crippen LogP contribution in [0, 0.1) is 0 Å². The molecule has 23 heavy (non-hydrogen) atoms. The van der Waals surface area contributed by atoms with Crippen molar-refractivity contribution in [2.45, 2.75) is 26.6 Å². The zero-order valence-electron chi connectivity index (χ0n) is 13.1. The molecule has 0 saturated carbocycles. The zero-order valence-corrected chi connectivity index (χ0v) is 14.7. The summed E-state index contributed by atoms with van der Waals surface area (Å²) in [5.74, 6) is 0.305. The lowest BCUT2D eigenvalue weighted by molar-refractivity contribution is -0.134. The maximum absolute atomic E-state index is 5.58. The van der Waals surface area contributed by atoms with Crippen molar-refractivity contribution in [1.82, 2.24) is 9.97 Å². The van der Waals surface area contributed by atoms with E-state index in [1.165, 1.54) is 0 Å². The van der Waals surface area contributed by atoms with Crippen LogP contribution >= 0.6 is 15.9 Å². The maximum atomic E-state index is 5.58. The largest absolute Gasteiger partial charge is 0.370 e. The normalized spacial score (nSPS) is 11.1. The van der Waals surface area contributed by atoms with Gasteiger partial charge in [0.15, 0.2) is 18.1 Å². The van der Waals surface area contributed by atoms with Gasteiger partial charge in [0, 0.05) is 24.1 Å². The zero-order chi connectivity index (χ0) is 16.8. The Hall–Kier alpha value is -1.77. The van der Waals surface area contributed by atoms with Crippen molar-refractivity contribution in [3.63, 3.8) is 0 Å². The van der Waals surface area contributed by atoms with Gasteiger partial charge >= 0.3 is 0 Å². The number of aliphatic imine (C=N–C) groups is 1. The van der Waals surface area contributed by atoms with Gasteiger partial charge in [-0.1, -0.05) is 6.07 Å². The van der Waals surface area contributed by atoms with Crippen LogP contribution in [0.1, 0.15) is 19.5 Å². The Kier molecular flexibility index (Phi) is 6.26. The van der Waals surface area contributed by atoms with Crippen LogP contribution < -0.4 is 11.5 Å². The topological polar surface area (TPSA) is 109 Å². The van der Waals surface area contributed by atoms with Gasteiger partial charge in [0.1, 0.15) is 5.52 Å². The fraction of sp³-hybridized carbons (Fsp3) is 0.400. The molecule has 8 heteroatoms. The lowest BCUT2D eigenvalue weighted by Gasteiger charge is -2.17. The third-order valence-electron chi connectivity index (χ3n) is 3.00. The molecule has 1 aromatic heterocycles. The summed E-state index contributed by atoms with van der Waals surface area (Å²) in [7, 11) is 0. The van der Waals surface area contributed by atoms with Crippen LogP contribution in [-0.2, 0) is 15.9 Å². The summed E-state index contributed by atoms with van der Waals surface area (Å²) < 4.78 is 12.0. The van der Waals surface area contributed by atoms with Crippen molar-refractivity contribution >= 4 is 38.7 Å². The lowest BCUT2D eigenvalue weighted by Crippen LogP contribution is -2.23. The molecular formula is C15H20BrN5O2. The molecule has 1 aromatic carbocycles. The molecule has 2 aromatic rings. The second-order valence-corrected chi connectivity index (χ2v) is 5.54. The highest BCUT2D eigenvalue weighted by Crippen LogP contribution is 2.26.